The number of halogens is 3. The van der Waals surface area contributed by atoms with E-state index in [9.17, 15) is 18.0 Å². The van der Waals surface area contributed by atoms with E-state index in [0.717, 1.165) is 4.90 Å². The summed E-state index contributed by atoms with van der Waals surface area (Å²) in [5.74, 6) is -1.20. The number of alkyl halides is 3. The topological polar surface area (TPSA) is 60.8 Å². The summed E-state index contributed by atoms with van der Waals surface area (Å²) in [6.07, 6.45) is -5.16. The Morgan fingerprint density at radius 2 is 2.07 bits per heavy atom. The number of carbonyl (C=O) groups is 1. The van der Waals surface area contributed by atoms with Crippen molar-refractivity contribution in [1.82, 2.24) is 4.90 Å². The molecular formula is C7H10F3NO3. The maximum atomic E-state index is 12.2. The number of β-amino-alcohol motifs (C(OH)–C–C–N with tert-alkyl or cyclic N) is 1. The van der Waals surface area contributed by atoms with Crippen molar-refractivity contribution in [1.29, 1.82) is 0 Å². The number of carboxylic acid groups (broad SMARTS) is 1. The molecule has 2 N–H and O–H groups in total. The third-order valence-electron chi connectivity index (χ3n) is 2.21. The number of aliphatic carboxylic acids is 1. The van der Waals surface area contributed by atoms with E-state index in [4.69, 9.17) is 10.2 Å². The van der Waals surface area contributed by atoms with Crippen molar-refractivity contribution < 1.29 is 28.2 Å². The maximum absolute atomic E-state index is 12.2. The Morgan fingerprint density at radius 1 is 1.50 bits per heavy atom. The second-order valence-corrected chi connectivity index (χ2v) is 3.38. The molecule has 1 rings (SSSR count). The monoisotopic (exact) mass is 213 g/mol. The maximum Gasteiger partial charge on any atom is 0.418 e. The zero-order valence-electron chi connectivity index (χ0n) is 7.21. The Labute approximate surface area is 77.9 Å². The first-order valence-electron chi connectivity index (χ1n) is 3.98. The number of hydrogen-bond donors (Lipinski definition) is 2. The molecule has 0 spiro atoms. The summed E-state index contributed by atoms with van der Waals surface area (Å²) in [5.41, 5.74) is -2.75. The van der Waals surface area contributed by atoms with Crippen LogP contribution < -0.4 is 0 Å². The molecule has 0 aliphatic carbocycles. The molecule has 14 heavy (non-hydrogen) atoms. The molecule has 7 heteroatoms. The van der Waals surface area contributed by atoms with Crippen LogP contribution in [-0.2, 0) is 4.79 Å². The van der Waals surface area contributed by atoms with Gasteiger partial charge in [0.2, 0.25) is 0 Å². The molecule has 1 fully saturated rings. The van der Waals surface area contributed by atoms with E-state index < -0.39 is 37.3 Å². The van der Waals surface area contributed by atoms with Crippen molar-refractivity contribution in [3.05, 3.63) is 0 Å². The number of hydrogen-bond acceptors (Lipinski definition) is 3. The number of rotatable bonds is 2. The number of carboxylic acids is 1. The van der Waals surface area contributed by atoms with Crippen LogP contribution in [0.4, 0.5) is 13.2 Å². The summed E-state index contributed by atoms with van der Waals surface area (Å²) in [6.45, 7) is -1.19. The summed E-state index contributed by atoms with van der Waals surface area (Å²) in [7, 11) is 0. The Hall–Kier alpha value is -0.820. The first-order valence-corrected chi connectivity index (χ1v) is 3.98. The molecule has 0 amide bonds. The van der Waals surface area contributed by atoms with E-state index in [2.05, 4.69) is 0 Å². The molecule has 82 valence electrons. The van der Waals surface area contributed by atoms with E-state index >= 15 is 0 Å². The van der Waals surface area contributed by atoms with Gasteiger partial charge in [-0.2, -0.15) is 13.2 Å². The lowest BCUT2D eigenvalue weighted by molar-refractivity contribution is -0.253. The van der Waals surface area contributed by atoms with Crippen LogP contribution in [0.15, 0.2) is 0 Å². The lowest BCUT2D eigenvalue weighted by Gasteiger charge is -2.25. The van der Waals surface area contributed by atoms with Gasteiger partial charge < -0.3 is 10.2 Å². The van der Waals surface area contributed by atoms with Crippen LogP contribution in [0.25, 0.3) is 0 Å². The molecule has 4 nitrogen and oxygen atoms in total. The zero-order chi connectivity index (χ0) is 11.0. The average Bonchev–Trinajstić information content (AvgIpc) is 2.30. The van der Waals surface area contributed by atoms with E-state index in [1.165, 1.54) is 0 Å². The quantitative estimate of drug-likeness (QED) is 0.681. The lowest BCUT2D eigenvalue weighted by atomic mass is 10.0. The Bertz CT molecular complexity index is 243. The van der Waals surface area contributed by atoms with Crippen LogP contribution in [0.2, 0.25) is 0 Å². The van der Waals surface area contributed by atoms with Crippen LogP contribution in [0.3, 0.4) is 0 Å². The summed E-state index contributed by atoms with van der Waals surface area (Å²) >= 11 is 0. The molecule has 0 aromatic rings. The van der Waals surface area contributed by atoms with Gasteiger partial charge in [-0.1, -0.05) is 0 Å². The van der Waals surface area contributed by atoms with Crippen LogP contribution in [0, 0.1) is 0 Å². The van der Waals surface area contributed by atoms with Gasteiger partial charge in [-0.25, -0.2) is 0 Å². The van der Waals surface area contributed by atoms with Crippen LogP contribution in [0.1, 0.15) is 6.42 Å². The highest BCUT2D eigenvalue weighted by Gasteiger charge is 2.57. The minimum Gasteiger partial charge on any atom is -0.480 e. The first kappa shape index (κ1) is 11.3. The van der Waals surface area contributed by atoms with Crippen molar-refractivity contribution in [2.45, 2.75) is 18.2 Å². The second-order valence-electron chi connectivity index (χ2n) is 3.38. The fraction of sp³-hybridized carbons (Fsp3) is 0.857. The molecule has 1 aliphatic heterocycles. The summed E-state index contributed by atoms with van der Waals surface area (Å²) < 4.78 is 36.7. The van der Waals surface area contributed by atoms with E-state index in [1.54, 1.807) is 0 Å². The third kappa shape index (κ3) is 2.16. The number of aliphatic hydroxyl groups is 1. The highest BCUT2D eigenvalue weighted by Crippen LogP contribution is 2.37. The van der Waals surface area contributed by atoms with Crippen molar-refractivity contribution in [3.8, 4) is 0 Å². The molecule has 1 saturated heterocycles. The van der Waals surface area contributed by atoms with Gasteiger partial charge >= 0.3 is 12.1 Å². The van der Waals surface area contributed by atoms with Gasteiger partial charge in [0.25, 0.3) is 0 Å². The summed E-state index contributed by atoms with van der Waals surface area (Å²) in [6, 6.07) is 0. The number of nitrogens with zero attached hydrogens (tertiary/aromatic N) is 1. The van der Waals surface area contributed by atoms with Crippen LogP contribution in [-0.4, -0.2) is 52.5 Å². The standard InChI is InChI=1S/C7H10F3NO3/c8-7(9,10)6(14)1-2-11(4-6)3-5(12)13/h14H,1-4H2,(H,12,13)/t6-/m1/s1. The van der Waals surface area contributed by atoms with Crippen molar-refractivity contribution in [2.24, 2.45) is 0 Å². The molecule has 1 aliphatic rings. The van der Waals surface area contributed by atoms with Gasteiger partial charge in [0, 0.05) is 13.1 Å². The average molecular weight is 213 g/mol. The van der Waals surface area contributed by atoms with Gasteiger partial charge in [-0.15, -0.1) is 0 Å². The Kier molecular flexibility index (Phi) is 2.73. The SMILES string of the molecule is O=C(O)CN1CC[C@](O)(C(F)(F)F)C1. The minimum atomic E-state index is -4.69. The smallest absolute Gasteiger partial charge is 0.418 e. The van der Waals surface area contributed by atoms with Gasteiger partial charge in [0.15, 0.2) is 5.60 Å². The van der Waals surface area contributed by atoms with Gasteiger partial charge in [-0.3, -0.25) is 9.69 Å². The third-order valence-corrected chi connectivity index (χ3v) is 2.21. The molecule has 1 atom stereocenters. The first-order chi connectivity index (χ1) is 6.24. The molecule has 0 aromatic carbocycles. The molecule has 0 saturated carbocycles. The fourth-order valence-electron chi connectivity index (χ4n) is 1.43. The Morgan fingerprint density at radius 3 is 2.43 bits per heavy atom. The van der Waals surface area contributed by atoms with Gasteiger partial charge in [0.05, 0.1) is 6.54 Å². The van der Waals surface area contributed by atoms with Crippen molar-refractivity contribution in [2.75, 3.05) is 19.6 Å². The van der Waals surface area contributed by atoms with Gasteiger partial charge in [0.1, 0.15) is 0 Å². The van der Waals surface area contributed by atoms with Crippen molar-refractivity contribution in [3.63, 3.8) is 0 Å². The number of likely N-dealkylation sites (tertiary alicyclic amines) is 1. The highest BCUT2D eigenvalue weighted by atomic mass is 19.4. The largest absolute Gasteiger partial charge is 0.480 e. The van der Waals surface area contributed by atoms with Crippen molar-refractivity contribution >= 4 is 5.97 Å². The lowest BCUT2D eigenvalue weighted by Crippen LogP contribution is -2.47. The Balaban J connectivity index is 2.60. The summed E-state index contributed by atoms with van der Waals surface area (Å²) in [5, 5.41) is 17.5. The molecule has 0 unspecified atom stereocenters. The predicted molar refractivity (Wildman–Crippen MR) is 39.7 cm³/mol. The second kappa shape index (κ2) is 3.39. The normalized spacial score (nSPS) is 29.4. The van der Waals surface area contributed by atoms with Crippen LogP contribution >= 0.6 is 0 Å². The molecule has 0 bridgehead atoms. The van der Waals surface area contributed by atoms with Crippen LogP contribution in [0.5, 0.6) is 0 Å². The predicted octanol–water partition coefficient (Wildman–Crippen LogP) is 0.0701. The van der Waals surface area contributed by atoms with Gasteiger partial charge in [-0.05, 0) is 6.42 Å². The van der Waals surface area contributed by atoms with E-state index in [0.29, 0.717) is 0 Å². The van der Waals surface area contributed by atoms with E-state index in [-0.39, 0.29) is 6.54 Å². The fourth-order valence-corrected chi connectivity index (χ4v) is 1.43. The molecule has 1 heterocycles. The van der Waals surface area contributed by atoms with E-state index in [1.807, 2.05) is 0 Å². The molecular weight excluding hydrogens is 203 g/mol. The molecule has 0 radical (unpaired) electrons. The zero-order valence-corrected chi connectivity index (χ0v) is 7.21. The highest BCUT2D eigenvalue weighted by molar-refractivity contribution is 5.69. The minimum absolute atomic E-state index is 0.0533. The summed E-state index contributed by atoms with van der Waals surface area (Å²) in [4.78, 5) is 11.3. The molecule has 0 aromatic heterocycles.